The number of nitrogens with one attached hydrogen (secondary N) is 1. The number of rotatable bonds is 5. The lowest BCUT2D eigenvalue weighted by molar-refractivity contribution is 0.353. The number of methoxy groups -OCH3 is 2. The van der Waals surface area contributed by atoms with Crippen LogP contribution in [0.25, 0.3) is 0 Å². The lowest BCUT2D eigenvalue weighted by atomic mass is 10.2. The summed E-state index contributed by atoms with van der Waals surface area (Å²) >= 11 is 0. The minimum absolute atomic E-state index is 0.118. The van der Waals surface area contributed by atoms with Crippen molar-refractivity contribution in [2.75, 3.05) is 18.9 Å². The molecule has 0 saturated heterocycles. The zero-order valence-electron chi connectivity index (χ0n) is 12.9. The molecule has 1 N–H and O–H groups in total. The highest BCUT2D eigenvalue weighted by Crippen LogP contribution is 2.32. The van der Waals surface area contributed by atoms with Crippen LogP contribution < -0.4 is 14.2 Å². The third-order valence-corrected chi connectivity index (χ3v) is 4.62. The maximum absolute atomic E-state index is 12.5. The van der Waals surface area contributed by atoms with Gasteiger partial charge in [0.2, 0.25) is 0 Å². The van der Waals surface area contributed by atoms with Gasteiger partial charge in [-0.3, -0.25) is 4.72 Å². The summed E-state index contributed by atoms with van der Waals surface area (Å²) in [7, 11) is -0.806. The molecule has 0 aliphatic carbocycles. The van der Waals surface area contributed by atoms with Crippen molar-refractivity contribution in [1.82, 2.24) is 4.98 Å². The van der Waals surface area contributed by atoms with Gasteiger partial charge in [0.25, 0.3) is 10.0 Å². The molecule has 0 amide bonds. The van der Waals surface area contributed by atoms with Crippen LogP contribution in [-0.2, 0) is 10.0 Å². The molecule has 0 aliphatic heterocycles. The number of aromatic nitrogens is 1. The highest BCUT2D eigenvalue weighted by Gasteiger charge is 2.20. The predicted molar refractivity (Wildman–Crippen MR) is 84.1 cm³/mol. The van der Waals surface area contributed by atoms with Gasteiger partial charge in [-0.1, -0.05) is 6.07 Å². The van der Waals surface area contributed by atoms with Gasteiger partial charge in [0, 0.05) is 12.3 Å². The molecule has 0 spiro atoms. The van der Waals surface area contributed by atoms with Crippen LogP contribution in [0.1, 0.15) is 11.1 Å². The third kappa shape index (κ3) is 3.30. The van der Waals surface area contributed by atoms with Gasteiger partial charge in [-0.05, 0) is 37.1 Å². The third-order valence-electron chi connectivity index (χ3n) is 3.12. The zero-order valence-corrected chi connectivity index (χ0v) is 13.7. The smallest absolute Gasteiger partial charge is 0.263 e. The summed E-state index contributed by atoms with van der Waals surface area (Å²) in [6.45, 7) is 3.57. The summed E-state index contributed by atoms with van der Waals surface area (Å²) in [6.07, 6.45) is 1.60. The first-order valence-corrected chi connectivity index (χ1v) is 8.04. The van der Waals surface area contributed by atoms with Crippen LogP contribution in [0.4, 0.5) is 5.82 Å². The second-order valence-corrected chi connectivity index (χ2v) is 6.45. The molecule has 0 aliphatic rings. The zero-order chi connectivity index (χ0) is 16.3. The number of ether oxygens (including phenoxy) is 2. The van der Waals surface area contributed by atoms with Gasteiger partial charge >= 0.3 is 0 Å². The van der Waals surface area contributed by atoms with Gasteiger partial charge < -0.3 is 9.47 Å². The fourth-order valence-electron chi connectivity index (χ4n) is 1.97. The van der Waals surface area contributed by atoms with Crippen molar-refractivity contribution < 1.29 is 17.9 Å². The summed E-state index contributed by atoms with van der Waals surface area (Å²) in [4.78, 5) is 4.17. The average molecular weight is 322 g/mol. The van der Waals surface area contributed by atoms with Crippen LogP contribution in [-0.4, -0.2) is 27.6 Å². The number of benzene rings is 1. The normalized spacial score (nSPS) is 11.1. The first-order valence-electron chi connectivity index (χ1n) is 6.55. The molecule has 2 aromatic rings. The van der Waals surface area contributed by atoms with Crippen LogP contribution in [0.5, 0.6) is 11.5 Å². The number of anilines is 1. The maximum Gasteiger partial charge on any atom is 0.263 e. The van der Waals surface area contributed by atoms with Crippen molar-refractivity contribution >= 4 is 15.8 Å². The molecule has 0 bridgehead atoms. The van der Waals surface area contributed by atoms with Crippen LogP contribution in [0.3, 0.4) is 0 Å². The van der Waals surface area contributed by atoms with Gasteiger partial charge in [0.15, 0.2) is 11.5 Å². The minimum atomic E-state index is -3.76. The first kappa shape index (κ1) is 16.1. The Labute approximate surface area is 130 Å². The van der Waals surface area contributed by atoms with Crippen LogP contribution in [0.2, 0.25) is 0 Å². The number of hydrogen-bond donors (Lipinski definition) is 1. The summed E-state index contributed by atoms with van der Waals surface area (Å²) in [5, 5.41) is 0. The molecule has 0 radical (unpaired) electrons. The van der Waals surface area contributed by atoms with Crippen molar-refractivity contribution in [3.63, 3.8) is 0 Å². The molecule has 118 valence electrons. The molecule has 1 heterocycles. The lowest BCUT2D eigenvalue weighted by Gasteiger charge is -2.14. The van der Waals surface area contributed by atoms with E-state index in [1.54, 1.807) is 31.3 Å². The monoisotopic (exact) mass is 322 g/mol. The standard InChI is InChI=1S/C15H18N2O4S/c1-10-5-6-15(16-9-10)17-22(18,19)14-8-13(21-4)12(20-3)7-11(14)2/h5-9H,1-4H3,(H,16,17). The molecular formula is C15H18N2O4S. The molecular weight excluding hydrogens is 304 g/mol. The molecule has 6 nitrogen and oxygen atoms in total. The fourth-order valence-corrected chi connectivity index (χ4v) is 3.22. The summed E-state index contributed by atoms with van der Waals surface area (Å²) in [5.74, 6) is 1.09. The Balaban J connectivity index is 2.42. The van der Waals surface area contributed by atoms with Gasteiger partial charge in [-0.15, -0.1) is 0 Å². The second kappa shape index (κ2) is 6.23. The van der Waals surface area contributed by atoms with Crippen LogP contribution in [0.15, 0.2) is 35.4 Å². The van der Waals surface area contributed by atoms with Gasteiger partial charge in [-0.25, -0.2) is 13.4 Å². The highest BCUT2D eigenvalue weighted by molar-refractivity contribution is 7.92. The topological polar surface area (TPSA) is 77.5 Å². The number of aryl methyl sites for hydroxylation is 2. The van der Waals surface area contributed by atoms with Gasteiger partial charge in [0.05, 0.1) is 19.1 Å². The number of pyridine rings is 1. The van der Waals surface area contributed by atoms with E-state index in [-0.39, 0.29) is 10.7 Å². The molecule has 0 unspecified atom stereocenters. The highest BCUT2D eigenvalue weighted by atomic mass is 32.2. The fraction of sp³-hybridized carbons (Fsp3) is 0.267. The molecule has 7 heteroatoms. The Morgan fingerprint density at radius 1 is 1.05 bits per heavy atom. The van der Waals surface area contributed by atoms with E-state index in [0.29, 0.717) is 17.1 Å². The SMILES string of the molecule is COc1cc(C)c(S(=O)(=O)Nc2ccc(C)cn2)cc1OC. The molecule has 1 aromatic carbocycles. The first-order chi connectivity index (χ1) is 10.4. The van der Waals surface area contributed by atoms with E-state index in [4.69, 9.17) is 9.47 Å². The maximum atomic E-state index is 12.5. The lowest BCUT2D eigenvalue weighted by Crippen LogP contribution is -2.15. The molecule has 1 aromatic heterocycles. The molecule has 0 fully saturated rings. The Hall–Kier alpha value is -2.28. The van der Waals surface area contributed by atoms with Crippen molar-refractivity contribution in [3.8, 4) is 11.5 Å². The van der Waals surface area contributed by atoms with Gasteiger partial charge in [-0.2, -0.15) is 0 Å². The van der Waals surface area contributed by atoms with E-state index < -0.39 is 10.0 Å². The number of hydrogen-bond acceptors (Lipinski definition) is 5. The van der Waals surface area contributed by atoms with Crippen molar-refractivity contribution in [2.24, 2.45) is 0 Å². The minimum Gasteiger partial charge on any atom is -0.493 e. The van der Waals surface area contributed by atoms with E-state index in [9.17, 15) is 8.42 Å². The van der Waals surface area contributed by atoms with Crippen LogP contribution in [0, 0.1) is 13.8 Å². The van der Waals surface area contributed by atoms with Gasteiger partial charge in [0.1, 0.15) is 5.82 Å². The van der Waals surface area contributed by atoms with E-state index >= 15 is 0 Å². The molecule has 22 heavy (non-hydrogen) atoms. The molecule has 0 saturated carbocycles. The van der Waals surface area contributed by atoms with Crippen molar-refractivity contribution in [1.29, 1.82) is 0 Å². The van der Waals surface area contributed by atoms with E-state index in [0.717, 1.165) is 5.56 Å². The Morgan fingerprint density at radius 2 is 1.68 bits per heavy atom. The number of nitrogens with zero attached hydrogens (tertiary/aromatic N) is 1. The number of sulfonamides is 1. The van der Waals surface area contributed by atoms with Crippen molar-refractivity contribution in [3.05, 3.63) is 41.6 Å². The summed E-state index contributed by atoms with van der Waals surface area (Å²) < 4.78 is 37.8. The largest absolute Gasteiger partial charge is 0.493 e. The van der Waals surface area contributed by atoms with Crippen molar-refractivity contribution in [2.45, 2.75) is 18.7 Å². The Kier molecular flexibility index (Phi) is 4.56. The molecule has 0 atom stereocenters. The molecule has 2 rings (SSSR count). The quantitative estimate of drug-likeness (QED) is 0.915. The summed E-state index contributed by atoms with van der Waals surface area (Å²) in [6, 6.07) is 6.45. The Bertz CT molecular complexity index is 771. The summed E-state index contributed by atoms with van der Waals surface area (Å²) in [5.41, 5.74) is 1.50. The van der Waals surface area contributed by atoms with E-state index in [2.05, 4.69) is 9.71 Å². The average Bonchev–Trinajstić information content (AvgIpc) is 2.48. The predicted octanol–water partition coefficient (Wildman–Crippen LogP) is 2.52. The van der Waals surface area contributed by atoms with E-state index in [1.807, 2.05) is 6.92 Å². The van der Waals surface area contributed by atoms with Crippen LogP contribution >= 0.6 is 0 Å². The Morgan fingerprint density at radius 3 is 2.23 bits per heavy atom. The van der Waals surface area contributed by atoms with E-state index in [1.165, 1.54) is 20.3 Å². The second-order valence-electron chi connectivity index (χ2n) is 4.80.